The summed E-state index contributed by atoms with van der Waals surface area (Å²) in [6.45, 7) is 4.15. The average Bonchev–Trinajstić information content (AvgIpc) is 2.85. The summed E-state index contributed by atoms with van der Waals surface area (Å²) >= 11 is 0. The van der Waals surface area contributed by atoms with Crippen LogP contribution in [0.5, 0.6) is 0 Å². The zero-order valence-corrected chi connectivity index (χ0v) is 10.4. The molecule has 1 aliphatic rings. The maximum atomic E-state index is 11.7. The topological polar surface area (TPSA) is 78.4 Å². The molecular formula is C13H16N2O3. The summed E-state index contributed by atoms with van der Waals surface area (Å²) in [7, 11) is 0. The highest BCUT2D eigenvalue weighted by molar-refractivity contribution is 6.00. The van der Waals surface area contributed by atoms with Gasteiger partial charge < -0.3 is 15.7 Å². The molecule has 0 spiro atoms. The molecule has 0 heterocycles. The third-order valence-corrected chi connectivity index (χ3v) is 3.22. The number of urea groups is 1. The first-order chi connectivity index (χ1) is 8.40. The summed E-state index contributed by atoms with van der Waals surface area (Å²) in [6.07, 6.45) is 0.945. The molecule has 1 fully saturated rings. The molecule has 1 aromatic carbocycles. The number of para-hydroxylation sites is 1. The van der Waals surface area contributed by atoms with E-state index in [-0.39, 0.29) is 23.1 Å². The number of aromatic carboxylic acids is 1. The fourth-order valence-electron chi connectivity index (χ4n) is 1.81. The van der Waals surface area contributed by atoms with Crippen LogP contribution in [0.3, 0.4) is 0 Å². The van der Waals surface area contributed by atoms with Crippen LogP contribution < -0.4 is 10.6 Å². The van der Waals surface area contributed by atoms with Gasteiger partial charge in [-0.25, -0.2) is 9.59 Å². The Bertz CT molecular complexity index is 497. The van der Waals surface area contributed by atoms with Crippen LogP contribution in [0.25, 0.3) is 0 Å². The summed E-state index contributed by atoms with van der Waals surface area (Å²) in [6, 6.07) is 6.13. The van der Waals surface area contributed by atoms with E-state index < -0.39 is 5.97 Å². The number of carboxylic acids is 1. The standard InChI is InChI=1S/C13H16N2O3/c1-13(2)7-10(13)15-12(18)14-9-6-4-3-5-8(9)11(16)17/h3-6,10H,7H2,1-2H3,(H,16,17)(H2,14,15,18). The van der Waals surface area contributed by atoms with E-state index >= 15 is 0 Å². The molecule has 0 radical (unpaired) electrons. The van der Waals surface area contributed by atoms with Gasteiger partial charge in [-0.2, -0.15) is 0 Å². The first-order valence-electron chi connectivity index (χ1n) is 5.80. The highest BCUT2D eigenvalue weighted by atomic mass is 16.4. The van der Waals surface area contributed by atoms with Crippen LogP contribution in [-0.4, -0.2) is 23.1 Å². The van der Waals surface area contributed by atoms with Crippen molar-refractivity contribution in [3.05, 3.63) is 29.8 Å². The molecule has 0 aromatic heterocycles. The summed E-state index contributed by atoms with van der Waals surface area (Å²) in [5, 5.41) is 14.4. The molecule has 1 unspecified atom stereocenters. The Hall–Kier alpha value is -2.04. The molecule has 1 aliphatic carbocycles. The number of nitrogens with one attached hydrogen (secondary N) is 2. The van der Waals surface area contributed by atoms with Crippen LogP contribution in [-0.2, 0) is 0 Å². The van der Waals surface area contributed by atoms with Crippen LogP contribution in [0, 0.1) is 5.41 Å². The third kappa shape index (κ3) is 2.61. The summed E-state index contributed by atoms with van der Waals surface area (Å²) in [5.74, 6) is -1.06. The van der Waals surface area contributed by atoms with Gasteiger partial charge in [-0.1, -0.05) is 26.0 Å². The molecule has 18 heavy (non-hydrogen) atoms. The molecule has 1 saturated carbocycles. The van der Waals surface area contributed by atoms with Crippen molar-refractivity contribution in [3.63, 3.8) is 0 Å². The maximum Gasteiger partial charge on any atom is 0.337 e. The highest BCUT2D eigenvalue weighted by Crippen LogP contribution is 2.44. The van der Waals surface area contributed by atoms with Crippen molar-refractivity contribution < 1.29 is 14.7 Å². The molecule has 96 valence electrons. The van der Waals surface area contributed by atoms with Crippen LogP contribution in [0.15, 0.2) is 24.3 Å². The smallest absolute Gasteiger partial charge is 0.337 e. The van der Waals surface area contributed by atoms with Gasteiger partial charge in [0.15, 0.2) is 0 Å². The van der Waals surface area contributed by atoms with Gasteiger partial charge in [0, 0.05) is 6.04 Å². The minimum absolute atomic E-state index is 0.0858. The van der Waals surface area contributed by atoms with Crippen molar-refractivity contribution in [2.45, 2.75) is 26.3 Å². The summed E-state index contributed by atoms with van der Waals surface area (Å²) in [4.78, 5) is 22.7. The predicted octanol–water partition coefficient (Wildman–Crippen LogP) is 2.30. The maximum absolute atomic E-state index is 11.7. The van der Waals surface area contributed by atoms with Gasteiger partial charge in [-0.05, 0) is 24.0 Å². The van der Waals surface area contributed by atoms with Crippen molar-refractivity contribution in [2.75, 3.05) is 5.32 Å². The van der Waals surface area contributed by atoms with E-state index in [4.69, 9.17) is 5.11 Å². The zero-order chi connectivity index (χ0) is 13.3. The van der Waals surface area contributed by atoms with E-state index in [1.807, 2.05) is 0 Å². The molecule has 3 N–H and O–H groups in total. The Labute approximate surface area is 105 Å². The lowest BCUT2D eigenvalue weighted by atomic mass is 10.2. The van der Waals surface area contributed by atoms with E-state index in [9.17, 15) is 9.59 Å². The molecule has 5 nitrogen and oxygen atoms in total. The monoisotopic (exact) mass is 248 g/mol. The van der Waals surface area contributed by atoms with Crippen molar-refractivity contribution in [3.8, 4) is 0 Å². The van der Waals surface area contributed by atoms with Crippen LogP contribution in [0.1, 0.15) is 30.6 Å². The lowest BCUT2D eigenvalue weighted by Gasteiger charge is -2.10. The molecule has 5 heteroatoms. The third-order valence-electron chi connectivity index (χ3n) is 3.22. The Balaban J connectivity index is 2.01. The average molecular weight is 248 g/mol. The second kappa shape index (κ2) is 4.33. The first kappa shape index (κ1) is 12.4. The van der Waals surface area contributed by atoms with Crippen LogP contribution >= 0.6 is 0 Å². The summed E-state index contributed by atoms with van der Waals surface area (Å²) in [5.41, 5.74) is 0.535. The number of amides is 2. The highest BCUT2D eigenvalue weighted by Gasteiger charge is 2.46. The Morgan fingerprint density at radius 3 is 2.50 bits per heavy atom. The van der Waals surface area contributed by atoms with Crippen LogP contribution in [0.2, 0.25) is 0 Å². The van der Waals surface area contributed by atoms with Crippen molar-refractivity contribution in [1.29, 1.82) is 0 Å². The Morgan fingerprint density at radius 2 is 1.94 bits per heavy atom. The fraction of sp³-hybridized carbons (Fsp3) is 0.385. The number of hydrogen-bond acceptors (Lipinski definition) is 2. The molecule has 0 bridgehead atoms. The Morgan fingerprint density at radius 1 is 1.33 bits per heavy atom. The number of carboxylic acid groups (broad SMARTS) is 1. The van der Waals surface area contributed by atoms with Gasteiger partial charge in [0.05, 0.1) is 11.3 Å². The lowest BCUT2D eigenvalue weighted by Crippen LogP contribution is -2.33. The fourth-order valence-corrected chi connectivity index (χ4v) is 1.81. The molecule has 0 saturated heterocycles. The quantitative estimate of drug-likeness (QED) is 0.768. The molecular weight excluding hydrogens is 232 g/mol. The van der Waals surface area contributed by atoms with Gasteiger partial charge in [0.25, 0.3) is 0 Å². The van der Waals surface area contributed by atoms with Gasteiger partial charge in [-0.3, -0.25) is 0 Å². The first-order valence-corrected chi connectivity index (χ1v) is 5.80. The number of hydrogen-bond donors (Lipinski definition) is 3. The largest absolute Gasteiger partial charge is 0.478 e. The van der Waals surface area contributed by atoms with Gasteiger partial charge in [-0.15, -0.1) is 0 Å². The van der Waals surface area contributed by atoms with E-state index in [1.165, 1.54) is 6.07 Å². The van der Waals surface area contributed by atoms with E-state index in [2.05, 4.69) is 24.5 Å². The van der Waals surface area contributed by atoms with Crippen molar-refractivity contribution in [2.24, 2.45) is 5.41 Å². The summed E-state index contributed by atoms with van der Waals surface area (Å²) < 4.78 is 0. The molecule has 2 rings (SSSR count). The molecule has 0 aliphatic heterocycles. The minimum atomic E-state index is -1.06. The minimum Gasteiger partial charge on any atom is -0.478 e. The predicted molar refractivity (Wildman–Crippen MR) is 67.7 cm³/mol. The zero-order valence-electron chi connectivity index (χ0n) is 10.4. The van der Waals surface area contributed by atoms with Gasteiger partial charge in [0.1, 0.15) is 0 Å². The van der Waals surface area contributed by atoms with Gasteiger partial charge in [0.2, 0.25) is 0 Å². The van der Waals surface area contributed by atoms with E-state index in [0.29, 0.717) is 5.69 Å². The molecule has 2 amide bonds. The van der Waals surface area contributed by atoms with Gasteiger partial charge >= 0.3 is 12.0 Å². The van der Waals surface area contributed by atoms with E-state index in [1.54, 1.807) is 18.2 Å². The lowest BCUT2D eigenvalue weighted by molar-refractivity contribution is 0.0698. The van der Waals surface area contributed by atoms with E-state index in [0.717, 1.165) is 6.42 Å². The Kier molecular flexibility index (Phi) is 2.98. The second-order valence-electron chi connectivity index (χ2n) is 5.19. The molecule has 1 atom stereocenters. The SMILES string of the molecule is CC1(C)CC1NC(=O)Nc1ccccc1C(=O)O. The second-order valence-corrected chi connectivity index (χ2v) is 5.19. The number of benzene rings is 1. The van der Waals surface area contributed by atoms with Crippen LogP contribution in [0.4, 0.5) is 10.5 Å². The van der Waals surface area contributed by atoms with Crippen molar-refractivity contribution >= 4 is 17.7 Å². The number of carbonyl (C=O) groups excluding carboxylic acids is 1. The number of rotatable bonds is 3. The van der Waals surface area contributed by atoms with Crippen molar-refractivity contribution in [1.82, 2.24) is 5.32 Å². The normalized spacial score (nSPS) is 20.0. The molecule has 1 aromatic rings. The number of anilines is 1. The number of carbonyl (C=O) groups is 2.